The number of ether oxygens (including phenoxy) is 2. The Labute approximate surface area is 114 Å². The van der Waals surface area contributed by atoms with E-state index in [1.807, 2.05) is 0 Å². The number of rotatable bonds is 6. The maximum Gasteiger partial charge on any atom is 0.255 e. The van der Waals surface area contributed by atoms with Gasteiger partial charge in [0.25, 0.3) is 5.91 Å². The highest BCUT2D eigenvalue weighted by atomic mass is 79.9. The van der Waals surface area contributed by atoms with Crippen molar-refractivity contribution in [3.05, 3.63) is 28.2 Å². The molecule has 0 spiro atoms. The number of aliphatic hydroxyl groups excluding tert-OH is 1. The number of halogens is 1. The Bertz CT molecular complexity index is 411. The fourth-order valence-corrected chi connectivity index (χ4v) is 1.82. The van der Waals surface area contributed by atoms with Gasteiger partial charge < -0.3 is 19.9 Å². The van der Waals surface area contributed by atoms with Gasteiger partial charge in [-0.1, -0.05) is 15.9 Å². The van der Waals surface area contributed by atoms with Crippen LogP contribution in [0.25, 0.3) is 0 Å². The summed E-state index contributed by atoms with van der Waals surface area (Å²) < 4.78 is 10.8. The molecular weight excluding hydrogens is 302 g/mol. The van der Waals surface area contributed by atoms with Gasteiger partial charge in [0.05, 0.1) is 31.9 Å². The summed E-state index contributed by atoms with van der Waals surface area (Å²) in [4.78, 5) is 12.0. The smallest absolute Gasteiger partial charge is 0.255 e. The monoisotopic (exact) mass is 317 g/mol. The second kappa shape index (κ2) is 7.35. The molecule has 0 aliphatic rings. The Kier molecular flexibility index (Phi) is 6.11. The molecule has 0 radical (unpaired) electrons. The maximum absolute atomic E-state index is 12.0. The Morgan fingerprint density at radius 2 is 2.22 bits per heavy atom. The van der Waals surface area contributed by atoms with E-state index in [4.69, 9.17) is 14.6 Å². The third-order valence-electron chi connectivity index (χ3n) is 2.33. The number of carbonyl (C=O) groups excluding carboxylic acids is 1. The van der Waals surface area contributed by atoms with Crippen LogP contribution in [0.3, 0.4) is 0 Å². The van der Waals surface area contributed by atoms with Crippen LogP contribution in [-0.2, 0) is 4.74 Å². The van der Waals surface area contributed by atoms with Crippen LogP contribution < -0.4 is 10.1 Å². The third kappa shape index (κ3) is 3.97. The van der Waals surface area contributed by atoms with Gasteiger partial charge >= 0.3 is 0 Å². The van der Waals surface area contributed by atoms with E-state index in [0.29, 0.717) is 11.3 Å². The number of methoxy groups -OCH3 is 2. The van der Waals surface area contributed by atoms with E-state index in [9.17, 15) is 4.79 Å². The molecule has 1 unspecified atom stereocenters. The lowest BCUT2D eigenvalue weighted by molar-refractivity contribution is 0.0837. The molecule has 0 saturated heterocycles. The number of nitrogens with one attached hydrogen (secondary N) is 1. The van der Waals surface area contributed by atoms with Crippen molar-refractivity contribution in [2.45, 2.75) is 6.04 Å². The van der Waals surface area contributed by atoms with Crippen molar-refractivity contribution in [3.8, 4) is 5.75 Å². The summed E-state index contributed by atoms with van der Waals surface area (Å²) in [7, 11) is 3.01. The number of hydrogen-bond donors (Lipinski definition) is 2. The van der Waals surface area contributed by atoms with Crippen LogP contribution in [0.2, 0.25) is 0 Å². The normalized spacial score (nSPS) is 12.0. The molecule has 0 fully saturated rings. The van der Waals surface area contributed by atoms with Gasteiger partial charge in [-0.15, -0.1) is 0 Å². The third-order valence-corrected chi connectivity index (χ3v) is 2.82. The molecule has 0 aliphatic carbocycles. The summed E-state index contributed by atoms with van der Waals surface area (Å²) in [6.07, 6.45) is 0. The van der Waals surface area contributed by atoms with Crippen LogP contribution in [0.4, 0.5) is 0 Å². The first-order valence-electron chi connectivity index (χ1n) is 5.36. The van der Waals surface area contributed by atoms with Crippen molar-refractivity contribution in [2.75, 3.05) is 27.4 Å². The highest BCUT2D eigenvalue weighted by Crippen LogP contribution is 2.22. The van der Waals surface area contributed by atoms with Gasteiger partial charge in [-0.05, 0) is 18.2 Å². The van der Waals surface area contributed by atoms with Crippen molar-refractivity contribution in [1.29, 1.82) is 0 Å². The summed E-state index contributed by atoms with van der Waals surface area (Å²) in [5, 5.41) is 11.8. The lowest BCUT2D eigenvalue weighted by Crippen LogP contribution is -2.40. The van der Waals surface area contributed by atoms with E-state index in [0.717, 1.165) is 4.47 Å². The predicted octanol–water partition coefficient (Wildman–Crippen LogP) is 1.19. The van der Waals surface area contributed by atoms with Crippen LogP contribution in [0.1, 0.15) is 10.4 Å². The summed E-state index contributed by atoms with van der Waals surface area (Å²) in [5.41, 5.74) is 0.404. The minimum absolute atomic E-state index is 0.185. The highest BCUT2D eigenvalue weighted by molar-refractivity contribution is 9.10. The average Bonchev–Trinajstić information content (AvgIpc) is 2.38. The predicted molar refractivity (Wildman–Crippen MR) is 70.9 cm³/mol. The van der Waals surface area contributed by atoms with Crippen LogP contribution in [0, 0.1) is 0 Å². The zero-order valence-corrected chi connectivity index (χ0v) is 11.9. The molecule has 1 aromatic carbocycles. The van der Waals surface area contributed by atoms with Gasteiger partial charge in [0.15, 0.2) is 0 Å². The first-order chi connectivity index (χ1) is 8.62. The molecule has 1 rings (SSSR count). The molecule has 5 nitrogen and oxygen atoms in total. The molecule has 1 aromatic rings. The van der Waals surface area contributed by atoms with Crippen LogP contribution in [0.5, 0.6) is 5.75 Å². The van der Waals surface area contributed by atoms with E-state index >= 15 is 0 Å². The molecule has 18 heavy (non-hydrogen) atoms. The highest BCUT2D eigenvalue weighted by Gasteiger charge is 2.16. The second-order valence-electron chi connectivity index (χ2n) is 3.65. The minimum atomic E-state index is -0.439. The van der Waals surface area contributed by atoms with Gasteiger partial charge in [0.1, 0.15) is 5.75 Å². The van der Waals surface area contributed by atoms with Crippen molar-refractivity contribution in [2.24, 2.45) is 0 Å². The number of carbonyl (C=O) groups is 1. The zero-order valence-electron chi connectivity index (χ0n) is 10.3. The van der Waals surface area contributed by atoms with E-state index in [1.165, 1.54) is 14.2 Å². The summed E-state index contributed by atoms with van der Waals surface area (Å²) in [5.74, 6) is 0.161. The van der Waals surface area contributed by atoms with Gasteiger partial charge in [0.2, 0.25) is 0 Å². The first-order valence-corrected chi connectivity index (χ1v) is 6.15. The van der Waals surface area contributed by atoms with Gasteiger partial charge in [-0.3, -0.25) is 4.79 Å². The first kappa shape index (κ1) is 14.9. The molecule has 0 aromatic heterocycles. The molecule has 0 bridgehead atoms. The van der Waals surface area contributed by atoms with Crippen molar-refractivity contribution in [3.63, 3.8) is 0 Å². The average molecular weight is 318 g/mol. The molecule has 1 amide bonds. The summed E-state index contributed by atoms with van der Waals surface area (Å²) in [6.45, 7) is 0.0639. The maximum atomic E-state index is 12.0. The largest absolute Gasteiger partial charge is 0.496 e. The van der Waals surface area contributed by atoms with Crippen LogP contribution in [-0.4, -0.2) is 44.5 Å². The number of aliphatic hydroxyl groups is 1. The molecule has 0 aliphatic heterocycles. The standard InChI is InChI=1S/C12H16BrNO4/c1-17-7-9(6-15)14-12(16)10-5-8(13)3-4-11(10)18-2/h3-5,9,15H,6-7H2,1-2H3,(H,14,16). The molecule has 6 heteroatoms. The van der Waals surface area contributed by atoms with Crippen molar-refractivity contribution < 1.29 is 19.4 Å². The van der Waals surface area contributed by atoms with E-state index < -0.39 is 6.04 Å². The number of amides is 1. The van der Waals surface area contributed by atoms with Gasteiger partial charge in [-0.25, -0.2) is 0 Å². The van der Waals surface area contributed by atoms with Crippen molar-refractivity contribution in [1.82, 2.24) is 5.32 Å². The summed E-state index contributed by atoms with van der Waals surface area (Å²) >= 11 is 3.30. The minimum Gasteiger partial charge on any atom is -0.496 e. The molecule has 1 atom stereocenters. The lowest BCUT2D eigenvalue weighted by atomic mass is 10.1. The van der Waals surface area contributed by atoms with Crippen molar-refractivity contribution >= 4 is 21.8 Å². The van der Waals surface area contributed by atoms with E-state index in [-0.39, 0.29) is 19.1 Å². The SMILES string of the molecule is COCC(CO)NC(=O)c1cc(Br)ccc1OC. The molecule has 100 valence electrons. The topological polar surface area (TPSA) is 67.8 Å². The number of hydrogen-bond acceptors (Lipinski definition) is 4. The van der Waals surface area contributed by atoms with E-state index in [1.54, 1.807) is 18.2 Å². The lowest BCUT2D eigenvalue weighted by Gasteiger charge is -2.16. The number of benzene rings is 1. The molecule has 2 N–H and O–H groups in total. The van der Waals surface area contributed by atoms with Gasteiger partial charge in [0, 0.05) is 11.6 Å². The Morgan fingerprint density at radius 1 is 1.50 bits per heavy atom. The second-order valence-corrected chi connectivity index (χ2v) is 4.57. The summed E-state index contributed by atoms with van der Waals surface area (Å²) in [6, 6.07) is 4.71. The molecule has 0 heterocycles. The fraction of sp³-hybridized carbons (Fsp3) is 0.417. The Morgan fingerprint density at radius 3 is 2.78 bits per heavy atom. The Balaban J connectivity index is 2.85. The molecular formula is C12H16BrNO4. The molecule has 0 saturated carbocycles. The Hall–Kier alpha value is -1.11. The zero-order chi connectivity index (χ0) is 13.5. The van der Waals surface area contributed by atoms with E-state index in [2.05, 4.69) is 21.2 Å². The van der Waals surface area contributed by atoms with Crippen LogP contribution in [0.15, 0.2) is 22.7 Å². The van der Waals surface area contributed by atoms with Gasteiger partial charge in [-0.2, -0.15) is 0 Å². The fourth-order valence-electron chi connectivity index (χ4n) is 1.46. The van der Waals surface area contributed by atoms with Crippen LogP contribution >= 0.6 is 15.9 Å². The quantitative estimate of drug-likeness (QED) is 0.827.